The molecular weight excluding hydrogens is 611 g/mol. The number of alkyl halides is 3. The third-order valence-electron chi connectivity index (χ3n) is 6.41. The third-order valence-corrected chi connectivity index (χ3v) is 8.72. The number of anilines is 1. The second-order valence-electron chi connectivity index (χ2n) is 9.08. The average Bonchev–Trinajstić information content (AvgIpc) is 3.62. The van der Waals surface area contributed by atoms with Crippen LogP contribution in [0.15, 0.2) is 66.0 Å². The molecule has 13 heteroatoms. The summed E-state index contributed by atoms with van der Waals surface area (Å²) in [5.41, 5.74) is 0.440. The van der Waals surface area contributed by atoms with Crippen molar-refractivity contribution in [3.8, 4) is 21.9 Å². The second-order valence-corrected chi connectivity index (χ2v) is 11.4. The minimum absolute atomic E-state index is 0.0957. The fourth-order valence-corrected chi connectivity index (χ4v) is 6.58. The highest BCUT2D eigenvalue weighted by Gasteiger charge is 2.37. The zero-order valence-electron chi connectivity index (χ0n) is 21.5. The molecule has 214 valence electrons. The van der Waals surface area contributed by atoms with Crippen molar-refractivity contribution in [1.29, 1.82) is 0 Å². The Morgan fingerprint density at radius 1 is 1.07 bits per heavy atom. The van der Waals surface area contributed by atoms with Gasteiger partial charge in [-0.25, -0.2) is 9.78 Å². The Balaban J connectivity index is 1.38. The largest absolute Gasteiger partial charge is 0.490 e. The SMILES string of the molecule is CCOc1cc(C2NC(=O)c3sc4nc(C(F)(F)F)cc(-c5cccs5)c4c3N2)ccc1OC(=O)c1ccccc1Cl. The minimum Gasteiger partial charge on any atom is -0.490 e. The molecular formula is C29H19ClF3N3O4S2. The molecule has 5 aromatic rings. The highest BCUT2D eigenvalue weighted by molar-refractivity contribution is 7.21. The molecule has 42 heavy (non-hydrogen) atoms. The first-order chi connectivity index (χ1) is 20.1. The van der Waals surface area contributed by atoms with Gasteiger partial charge in [0.05, 0.1) is 22.9 Å². The summed E-state index contributed by atoms with van der Waals surface area (Å²) >= 11 is 8.32. The number of esters is 1. The van der Waals surface area contributed by atoms with Crippen LogP contribution in [0.5, 0.6) is 11.5 Å². The van der Waals surface area contributed by atoms with Crippen LogP contribution in [0.1, 0.15) is 44.4 Å². The first-order valence-corrected chi connectivity index (χ1v) is 14.6. The van der Waals surface area contributed by atoms with Gasteiger partial charge in [-0.15, -0.1) is 22.7 Å². The van der Waals surface area contributed by atoms with E-state index in [1.54, 1.807) is 66.9 Å². The third kappa shape index (κ3) is 5.17. The fraction of sp³-hybridized carbons (Fsp3) is 0.138. The van der Waals surface area contributed by atoms with Gasteiger partial charge in [0.15, 0.2) is 11.5 Å². The van der Waals surface area contributed by atoms with Crippen molar-refractivity contribution < 1.29 is 32.2 Å². The van der Waals surface area contributed by atoms with E-state index in [0.717, 1.165) is 17.4 Å². The van der Waals surface area contributed by atoms with E-state index in [1.165, 1.54) is 11.3 Å². The topological polar surface area (TPSA) is 89.6 Å². The van der Waals surface area contributed by atoms with Crippen LogP contribution in [0.4, 0.5) is 18.9 Å². The first-order valence-electron chi connectivity index (χ1n) is 12.5. The molecule has 0 saturated carbocycles. The van der Waals surface area contributed by atoms with Crippen molar-refractivity contribution in [1.82, 2.24) is 10.3 Å². The number of thiophene rings is 2. The minimum atomic E-state index is -4.66. The summed E-state index contributed by atoms with van der Waals surface area (Å²) < 4.78 is 52.4. The van der Waals surface area contributed by atoms with Crippen LogP contribution in [0.3, 0.4) is 0 Å². The standard InChI is InChI=1S/C29H19ClF3N3O4S2/c1-2-39-19-12-14(9-10-18(19)40-28(38)15-6-3-4-7-17(15)30)25-35-23-22-16(20-8-5-11-41-20)13-21(29(31,32)33)34-27(22)42-24(23)26(37)36-25/h3-13,25,35H,2H2,1H3,(H,36,37). The molecule has 1 atom stereocenters. The van der Waals surface area contributed by atoms with E-state index in [-0.39, 0.29) is 38.4 Å². The number of rotatable bonds is 6. The molecule has 0 radical (unpaired) electrons. The maximum absolute atomic E-state index is 13.7. The van der Waals surface area contributed by atoms with Crippen LogP contribution in [0, 0.1) is 0 Å². The molecule has 2 N–H and O–H groups in total. The summed E-state index contributed by atoms with van der Waals surface area (Å²) in [5.74, 6) is -0.726. The summed E-state index contributed by atoms with van der Waals surface area (Å²) in [6.45, 7) is 2.03. The fourth-order valence-electron chi connectivity index (χ4n) is 4.55. The van der Waals surface area contributed by atoms with Gasteiger partial charge in [-0.1, -0.05) is 35.9 Å². The van der Waals surface area contributed by atoms with E-state index < -0.39 is 29.9 Å². The number of aromatic nitrogens is 1. The highest BCUT2D eigenvalue weighted by atomic mass is 35.5. The lowest BCUT2D eigenvalue weighted by Gasteiger charge is -2.27. The summed E-state index contributed by atoms with van der Waals surface area (Å²) in [4.78, 5) is 30.8. The number of amides is 1. The molecule has 1 aliphatic heterocycles. The number of halogens is 4. The van der Waals surface area contributed by atoms with Gasteiger partial charge < -0.3 is 20.1 Å². The van der Waals surface area contributed by atoms with Gasteiger partial charge in [-0.3, -0.25) is 4.79 Å². The Bertz CT molecular complexity index is 1840. The number of hydrogen-bond donors (Lipinski definition) is 2. The average molecular weight is 630 g/mol. The lowest BCUT2D eigenvalue weighted by atomic mass is 10.0. The van der Waals surface area contributed by atoms with E-state index in [9.17, 15) is 22.8 Å². The number of carbonyl (C=O) groups is 2. The Hall–Kier alpha value is -4.13. The van der Waals surface area contributed by atoms with E-state index in [0.29, 0.717) is 27.1 Å². The molecule has 0 saturated heterocycles. The van der Waals surface area contributed by atoms with Gasteiger partial charge in [0.2, 0.25) is 0 Å². The second kappa shape index (κ2) is 10.9. The summed E-state index contributed by atoms with van der Waals surface area (Å²) in [6.07, 6.45) is -5.43. The Kier molecular flexibility index (Phi) is 7.29. The molecule has 0 spiro atoms. The predicted molar refractivity (Wildman–Crippen MR) is 156 cm³/mol. The number of nitrogens with one attached hydrogen (secondary N) is 2. The van der Waals surface area contributed by atoms with Crippen LogP contribution in [0.2, 0.25) is 5.02 Å². The molecule has 1 amide bonds. The van der Waals surface area contributed by atoms with E-state index in [1.807, 2.05) is 0 Å². The molecule has 2 aromatic carbocycles. The lowest BCUT2D eigenvalue weighted by Crippen LogP contribution is -2.37. The molecule has 6 rings (SSSR count). The maximum Gasteiger partial charge on any atom is 0.433 e. The van der Waals surface area contributed by atoms with Crippen molar-refractivity contribution in [2.75, 3.05) is 11.9 Å². The molecule has 7 nitrogen and oxygen atoms in total. The highest BCUT2D eigenvalue weighted by Crippen LogP contribution is 2.47. The van der Waals surface area contributed by atoms with E-state index in [2.05, 4.69) is 15.6 Å². The van der Waals surface area contributed by atoms with Crippen LogP contribution in [0.25, 0.3) is 20.7 Å². The number of hydrogen-bond acceptors (Lipinski definition) is 8. The molecule has 3 aromatic heterocycles. The molecule has 0 fully saturated rings. The van der Waals surface area contributed by atoms with Crippen LogP contribution in [-0.4, -0.2) is 23.5 Å². The van der Waals surface area contributed by atoms with Crippen molar-refractivity contribution >= 4 is 62.1 Å². The quantitative estimate of drug-likeness (QED) is 0.145. The Labute approximate surface area is 249 Å². The number of carbonyl (C=O) groups excluding carboxylic acids is 2. The lowest BCUT2D eigenvalue weighted by molar-refractivity contribution is -0.140. The van der Waals surface area contributed by atoms with Crippen molar-refractivity contribution in [3.05, 3.63) is 92.8 Å². The van der Waals surface area contributed by atoms with Crippen LogP contribution < -0.4 is 20.1 Å². The van der Waals surface area contributed by atoms with Gasteiger partial charge in [0.25, 0.3) is 5.91 Å². The van der Waals surface area contributed by atoms with Gasteiger partial charge in [0, 0.05) is 15.8 Å². The van der Waals surface area contributed by atoms with Crippen molar-refractivity contribution in [2.24, 2.45) is 0 Å². The van der Waals surface area contributed by atoms with Gasteiger partial charge in [0.1, 0.15) is 21.6 Å². The van der Waals surface area contributed by atoms with Crippen molar-refractivity contribution in [3.63, 3.8) is 0 Å². The maximum atomic E-state index is 13.7. The summed E-state index contributed by atoms with van der Waals surface area (Å²) in [6, 6.07) is 15.8. The smallest absolute Gasteiger partial charge is 0.433 e. The van der Waals surface area contributed by atoms with Gasteiger partial charge in [-0.2, -0.15) is 13.2 Å². The monoisotopic (exact) mass is 629 g/mol. The molecule has 0 bridgehead atoms. The van der Waals surface area contributed by atoms with Crippen molar-refractivity contribution in [2.45, 2.75) is 19.3 Å². The van der Waals surface area contributed by atoms with Gasteiger partial charge >= 0.3 is 12.1 Å². The number of pyridine rings is 1. The first kappa shape index (κ1) is 28.0. The molecule has 1 aliphatic rings. The van der Waals surface area contributed by atoms with Crippen LogP contribution >= 0.6 is 34.3 Å². The summed E-state index contributed by atoms with van der Waals surface area (Å²) in [7, 11) is 0. The normalized spacial score (nSPS) is 14.7. The molecule has 0 aliphatic carbocycles. The summed E-state index contributed by atoms with van der Waals surface area (Å²) in [5, 5.41) is 8.56. The molecule has 1 unspecified atom stereocenters. The van der Waals surface area contributed by atoms with E-state index in [4.69, 9.17) is 21.1 Å². The van der Waals surface area contributed by atoms with E-state index >= 15 is 0 Å². The number of benzene rings is 2. The van der Waals surface area contributed by atoms with Crippen LogP contribution in [-0.2, 0) is 6.18 Å². The van der Waals surface area contributed by atoms with Gasteiger partial charge in [-0.05, 0) is 54.3 Å². The Morgan fingerprint density at radius 3 is 2.60 bits per heavy atom. The number of fused-ring (bicyclic) bond motifs is 3. The zero-order chi connectivity index (χ0) is 29.6. The number of nitrogens with zero attached hydrogens (tertiary/aromatic N) is 1. The predicted octanol–water partition coefficient (Wildman–Crippen LogP) is 8.17. The molecule has 4 heterocycles. The zero-order valence-corrected chi connectivity index (χ0v) is 23.9. The number of ether oxygens (including phenoxy) is 2. The Morgan fingerprint density at radius 2 is 1.88 bits per heavy atom.